The van der Waals surface area contributed by atoms with Gasteiger partial charge in [0.1, 0.15) is 0 Å². The van der Waals surface area contributed by atoms with Gasteiger partial charge in [0.2, 0.25) is 0 Å². The molecule has 0 spiro atoms. The summed E-state index contributed by atoms with van der Waals surface area (Å²) in [5.74, 6) is 2.89. The van der Waals surface area contributed by atoms with Crippen LogP contribution in [0.3, 0.4) is 0 Å². The molecule has 1 unspecified atom stereocenters. The van der Waals surface area contributed by atoms with Crippen molar-refractivity contribution in [2.24, 2.45) is 11.7 Å². The summed E-state index contributed by atoms with van der Waals surface area (Å²) in [5.41, 5.74) is 5.47. The second-order valence-corrected chi connectivity index (χ2v) is 5.66. The molecular formula is C11H24N2OS. The van der Waals surface area contributed by atoms with Crippen molar-refractivity contribution >= 4 is 11.8 Å². The lowest BCUT2D eigenvalue weighted by molar-refractivity contribution is -0.0191. The van der Waals surface area contributed by atoms with Crippen molar-refractivity contribution in [3.63, 3.8) is 0 Å². The van der Waals surface area contributed by atoms with Gasteiger partial charge in [-0.2, -0.15) is 11.8 Å². The lowest BCUT2D eigenvalue weighted by Crippen LogP contribution is -2.44. The Labute approximate surface area is 97.7 Å². The second kappa shape index (κ2) is 7.49. The van der Waals surface area contributed by atoms with Gasteiger partial charge in [0.15, 0.2) is 0 Å². The van der Waals surface area contributed by atoms with Crippen LogP contribution in [0.25, 0.3) is 0 Å². The van der Waals surface area contributed by atoms with Gasteiger partial charge in [-0.05, 0) is 5.92 Å². The van der Waals surface area contributed by atoms with E-state index in [2.05, 4.69) is 18.7 Å². The molecule has 1 heterocycles. The summed E-state index contributed by atoms with van der Waals surface area (Å²) < 4.78 is 5.73. The predicted octanol–water partition coefficient (Wildman–Crippen LogP) is 1.04. The Morgan fingerprint density at radius 1 is 1.53 bits per heavy atom. The molecule has 0 aromatic carbocycles. The van der Waals surface area contributed by atoms with Gasteiger partial charge in [-0.1, -0.05) is 13.8 Å². The minimum absolute atomic E-state index is 0.411. The highest BCUT2D eigenvalue weighted by molar-refractivity contribution is 7.99. The highest BCUT2D eigenvalue weighted by Crippen LogP contribution is 2.12. The number of thioether (sulfide) groups is 1. The molecular weight excluding hydrogens is 208 g/mol. The third kappa shape index (κ3) is 5.76. The molecule has 4 heteroatoms. The molecule has 0 aromatic rings. The minimum atomic E-state index is 0.411. The largest absolute Gasteiger partial charge is 0.375 e. The standard InChI is InChI=1S/C11H24N2OS/c1-10(2)7-13-4-5-14-11(8-13)9-15-6-3-12/h10-11H,3-9,12H2,1-2H3. The average molecular weight is 232 g/mol. The summed E-state index contributed by atoms with van der Waals surface area (Å²) >= 11 is 1.90. The van der Waals surface area contributed by atoms with Crippen LogP contribution in [0.2, 0.25) is 0 Å². The van der Waals surface area contributed by atoms with Crippen LogP contribution in [-0.4, -0.2) is 55.3 Å². The summed E-state index contributed by atoms with van der Waals surface area (Å²) in [6, 6.07) is 0. The maximum absolute atomic E-state index is 5.73. The van der Waals surface area contributed by atoms with Crippen molar-refractivity contribution in [2.45, 2.75) is 20.0 Å². The molecule has 1 rings (SSSR count). The van der Waals surface area contributed by atoms with E-state index >= 15 is 0 Å². The van der Waals surface area contributed by atoms with Gasteiger partial charge in [-0.15, -0.1) is 0 Å². The first-order chi connectivity index (χ1) is 7.22. The van der Waals surface area contributed by atoms with E-state index in [9.17, 15) is 0 Å². The van der Waals surface area contributed by atoms with E-state index < -0.39 is 0 Å². The number of ether oxygens (including phenoxy) is 1. The molecule has 2 N–H and O–H groups in total. The third-order valence-electron chi connectivity index (χ3n) is 2.41. The molecule has 0 bridgehead atoms. The zero-order valence-corrected chi connectivity index (χ0v) is 10.8. The Balaban J connectivity index is 2.17. The normalized spacial score (nSPS) is 23.6. The molecule has 3 nitrogen and oxygen atoms in total. The van der Waals surface area contributed by atoms with E-state index in [-0.39, 0.29) is 0 Å². The first kappa shape index (κ1) is 13.3. The van der Waals surface area contributed by atoms with Crippen molar-refractivity contribution in [3.05, 3.63) is 0 Å². The van der Waals surface area contributed by atoms with Gasteiger partial charge >= 0.3 is 0 Å². The van der Waals surface area contributed by atoms with Gasteiger partial charge in [0.05, 0.1) is 12.7 Å². The Kier molecular flexibility index (Phi) is 6.64. The number of hydrogen-bond donors (Lipinski definition) is 1. The molecule has 0 aliphatic carbocycles. The van der Waals surface area contributed by atoms with E-state index in [0.29, 0.717) is 6.10 Å². The first-order valence-corrected chi connectivity index (χ1v) is 6.99. The molecule has 0 amide bonds. The highest BCUT2D eigenvalue weighted by atomic mass is 32.2. The van der Waals surface area contributed by atoms with Crippen LogP contribution in [0.5, 0.6) is 0 Å². The molecule has 1 atom stereocenters. The van der Waals surface area contributed by atoms with Gasteiger partial charge in [0.25, 0.3) is 0 Å². The SMILES string of the molecule is CC(C)CN1CCOC(CSCCN)C1. The summed E-state index contributed by atoms with van der Waals surface area (Å²) in [5, 5.41) is 0. The van der Waals surface area contributed by atoms with Crippen molar-refractivity contribution in [3.8, 4) is 0 Å². The van der Waals surface area contributed by atoms with E-state index in [1.807, 2.05) is 11.8 Å². The molecule has 0 aromatic heterocycles. The lowest BCUT2D eigenvalue weighted by Gasteiger charge is -2.33. The minimum Gasteiger partial charge on any atom is -0.375 e. The van der Waals surface area contributed by atoms with Crippen LogP contribution >= 0.6 is 11.8 Å². The van der Waals surface area contributed by atoms with Gasteiger partial charge in [-0.25, -0.2) is 0 Å². The average Bonchev–Trinajstić information content (AvgIpc) is 2.18. The fraction of sp³-hybridized carbons (Fsp3) is 1.00. The van der Waals surface area contributed by atoms with Crippen molar-refractivity contribution in [1.82, 2.24) is 4.90 Å². The summed E-state index contributed by atoms with van der Waals surface area (Å²) in [4.78, 5) is 2.52. The Bertz CT molecular complexity index is 167. The number of rotatable bonds is 6. The van der Waals surface area contributed by atoms with Gasteiger partial charge < -0.3 is 10.5 Å². The van der Waals surface area contributed by atoms with Crippen LogP contribution in [-0.2, 0) is 4.74 Å². The smallest absolute Gasteiger partial charge is 0.0792 e. The van der Waals surface area contributed by atoms with Crippen LogP contribution in [0.4, 0.5) is 0 Å². The maximum Gasteiger partial charge on any atom is 0.0792 e. The monoisotopic (exact) mass is 232 g/mol. The summed E-state index contributed by atoms with van der Waals surface area (Å²) in [6.45, 7) is 9.59. The molecule has 90 valence electrons. The predicted molar refractivity (Wildman–Crippen MR) is 67.4 cm³/mol. The number of hydrogen-bond acceptors (Lipinski definition) is 4. The Hall–Kier alpha value is 0.230. The third-order valence-corrected chi connectivity index (χ3v) is 3.54. The summed E-state index contributed by atoms with van der Waals surface area (Å²) in [7, 11) is 0. The lowest BCUT2D eigenvalue weighted by atomic mass is 10.2. The van der Waals surface area contributed by atoms with Crippen LogP contribution < -0.4 is 5.73 Å². The van der Waals surface area contributed by atoms with Crippen LogP contribution in [0.1, 0.15) is 13.8 Å². The molecule has 1 aliphatic rings. The fourth-order valence-electron chi connectivity index (χ4n) is 1.86. The maximum atomic E-state index is 5.73. The Morgan fingerprint density at radius 3 is 3.00 bits per heavy atom. The van der Waals surface area contributed by atoms with E-state index in [0.717, 1.165) is 43.7 Å². The number of morpholine rings is 1. The van der Waals surface area contributed by atoms with Gasteiger partial charge in [0, 0.05) is 37.7 Å². The topological polar surface area (TPSA) is 38.5 Å². The zero-order chi connectivity index (χ0) is 11.1. The molecule has 15 heavy (non-hydrogen) atoms. The molecule has 1 saturated heterocycles. The number of nitrogens with zero attached hydrogens (tertiary/aromatic N) is 1. The highest BCUT2D eigenvalue weighted by Gasteiger charge is 2.20. The van der Waals surface area contributed by atoms with E-state index in [1.165, 1.54) is 6.54 Å². The number of nitrogens with two attached hydrogens (primary N) is 1. The molecule has 1 fully saturated rings. The van der Waals surface area contributed by atoms with E-state index in [4.69, 9.17) is 10.5 Å². The van der Waals surface area contributed by atoms with Gasteiger partial charge in [-0.3, -0.25) is 4.90 Å². The molecule has 0 saturated carbocycles. The summed E-state index contributed by atoms with van der Waals surface area (Å²) in [6.07, 6.45) is 0.411. The van der Waals surface area contributed by atoms with E-state index in [1.54, 1.807) is 0 Å². The fourth-order valence-corrected chi connectivity index (χ4v) is 2.66. The van der Waals surface area contributed by atoms with Crippen LogP contribution in [0.15, 0.2) is 0 Å². The molecule has 0 radical (unpaired) electrons. The Morgan fingerprint density at radius 2 is 2.33 bits per heavy atom. The quantitative estimate of drug-likeness (QED) is 0.694. The van der Waals surface area contributed by atoms with Crippen molar-refractivity contribution < 1.29 is 4.74 Å². The van der Waals surface area contributed by atoms with Crippen molar-refractivity contribution in [1.29, 1.82) is 0 Å². The first-order valence-electron chi connectivity index (χ1n) is 5.84. The second-order valence-electron chi connectivity index (χ2n) is 4.51. The molecule has 1 aliphatic heterocycles. The zero-order valence-electron chi connectivity index (χ0n) is 9.95. The van der Waals surface area contributed by atoms with Crippen molar-refractivity contribution in [2.75, 3.05) is 44.3 Å². The van der Waals surface area contributed by atoms with Crippen LogP contribution in [0, 0.1) is 5.92 Å².